The number of ether oxygens (including phenoxy) is 1. The van der Waals surface area contributed by atoms with Gasteiger partial charge in [-0.25, -0.2) is 4.79 Å². The number of anilines is 1. The van der Waals surface area contributed by atoms with Crippen LogP contribution in [0.4, 0.5) is 5.69 Å². The molecule has 3 rings (SSSR count). The maximum atomic E-state index is 12.4. The van der Waals surface area contributed by atoms with Crippen LogP contribution in [0.1, 0.15) is 10.5 Å². The number of carbonyl (C=O) groups excluding carboxylic acids is 1. The number of amides is 1. The SMILES string of the molecule is O=C(O)C1CN(C(=O)c2ccc[nH]2)c2ccccc2O1. The lowest BCUT2D eigenvalue weighted by Gasteiger charge is -2.32. The van der Waals surface area contributed by atoms with Crippen molar-refractivity contribution in [3.8, 4) is 5.75 Å². The second kappa shape index (κ2) is 4.73. The number of hydrogen-bond acceptors (Lipinski definition) is 3. The Labute approximate surface area is 114 Å². The minimum absolute atomic E-state index is 0.0236. The zero-order valence-corrected chi connectivity index (χ0v) is 10.4. The molecule has 1 aliphatic heterocycles. The first kappa shape index (κ1) is 12.3. The number of carboxylic acids is 1. The number of carbonyl (C=O) groups is 2. The highest BCUT2D eigenvalue weighted by Crippen LogP contribution is 2.33. The van der Waals surface area contributed by atoms with Gasteiger partial charge in [-0.2, -0.15) is 0 Å². The number of aliphatic carboxylic acids is 1. The van der Waals surface area contributed by atoms with Crippen LogP contribution in [0.2, 0.25) is 0 Å². The molecule has 1 aromatic heterocycles. The van der Waals surface area contributed by atoms with Crippen molar-refractivity contribution >= 4 is 17.6 Å². The maximum Gasteiger partial charge on any atom is 0.346 e. The highest BCUT2D eigenvalue weighted by atomic mass is 16.5. The topological polar surface area (TPSA) is 82.6 Å². The minimum atomic E-state index is -1.09. The normalized spacial score (nSPS) is 17.2. The number of nitrogens with one attached hydrogen (secondary N) is 1. The van der Waals surface area contributed by atoms with E-state index in [-0.39, 0.29) is 12.5 Å². The second-order valence-corrected chi connectivity index (χ2v) is 4.41. The first-order valence-corrected chi connectivity index (χ1v) is 6.10. The van der Waals surface area contributed by atoms with E-state index < -0.39 is 12.1 Å². The predicted octanol–water partition coefficient (Wildman–Crippen LogP) is 1.51. The summed E-state index contributed by atoms with van der Waals surface area (Å²) < 4.78 is 5.39. The van der Waals surface area contributed by atoms with Gasteiger partial charge in [-0.15, -0.1) is 0 Å². The van der Waals surface area contributed by atoms with Gasteiger partial charge in [-0.05, 0) is 24.3 Å². The lowest BCUT2D eigenvalue weighted by Crippen LogP contribution is -2.47. The Morgan fingerprint density at radius 3 is 2.75 bits per heavy atom. The summed E-state index contributed by atoms with van der Waals surface area (Å²) >= 11 is 0. The van der Waals surface area contributed by atoms with Crippen molar-refractivity contribution in [1.29, 1.82) is 0 Å². The highest BCUT2D eigenvalue weighted by Gasteiger charge is 2.34. The number of aromatic amines is 1. The van der Waals surface area contributed by atoms with E-state index in [4.69, 9.17) is 9.84 Å². The molecule has 1 atom stereocenters. The summed E-state index contributed by atoms with van der Waals surface area (Å²) in [5.41, 5.74) is 0.982. The fraction of sp³-hybridized carbons (Fsp3) is 0.143. The number of rotatable bonds is 2. The Balaban J connectivity index is 2.01. The molecule has 1 aliphatic rings. The molecule has 2 aromatic rings. The molecule has 6 nitrogen and oxygen atoms in total. The molecule has 0 fully saturated rings. The van der Waals surface area contributed by atoms with Crippen LogP contribution in [0.25, 0.3) is 0 Å². The molecule has 102 valence electrons. The third kappa shape index (κ3) is 2.01. The smallest absolute Gasteiger partial charge is 0.346 e. The number of nitrogens with zero attached hydrogens (tertiary/aromatic N) is 1. The maximum absolute atomic E-state index is 12.4. The van der Waals surface area contributed by atoms with Gasteiger partial charge in [0.1, 0.15) is 11.4 Å². The lowest BCUT2D eigenvalue weighted by atomic mass is 10.1. The van der Waals surface area contributed by atoms with E-state index in [1.165, 1.54) is 4.90 Å². The zero-order valence-electron chi connectivity index (χ0n) is 10.4. The number of fused-ring (bicyclic) bond motifs is 1. The first-order valence-electron chi connectivity index (χ1n) is 6.10. The Morgan fingerprint density at radius 1 is 1.25 bits per heavy atom. The van der Waals surface area contributed by atoms with E-state index in [1.54, 1.807) is 42.6 Å². The van der Waals surface area contributed by atoms with E-state index in [1.807, 2.05) is 0 Å². The van der Waals surface area contributed by atoms with Gasteiger partial charge >= 0.3 is 5.97 Å². The number of carboxylic acid groups (broad SMARTS) is 1. The third-order valence-corrected chi connectivity index (χ3v) is 3.12. The van der Waals surface area contributed by atoms with Crippen LogP contribution in [0, 0.1) is 0 Å². The summed E-state index contributed by atoms with van der Waals surface area (Å²) in [4.78, 5) is 27.8. The van der Waals surface area contributed by atoms with Gasteiger partial charge in [0.2, 0.25) is 6.10 Å². The largest absolute Gasteiger partial charge is 0.478 e. The standard InChI is InChI=1S/C14H12N2O4/c17-13(9-4-3-7-15-9)16-8-12(14(18)19)20-11-6-2-1-5-10(11)16/h1-7,12,15H,8H2,(H,18,19). The summed E-state index contributed by atoms with van der Waals surface area (Å²) in [5, 5.41) is 9.12. The molecule has 0 radical (unpaired) electrons. The van der Waals surface area contributed by atoms with Crippen molar-refractivity contribution in [2.24, 2.45) is 0 Å². The van der Waals surface area contributed by atoms with Crippen molar-refractivity contribution in [3.05, 3.63) is 48.3 Å². The fourth-order valence-electron chi connectivity index (χ4n) is 2.16. The van der Waals surface area contributed by atoms with Crippen LogP contribution in [0.15, 0.2) is 42.6 Å². The van der Waals surface area contributed by atoms with E-state index in [0.717, 1.165) is 0 Å². The van der Waals surface area contributed by atoms with Gasteiger partial charge in [-0.3, -0.25) is 9.69 Å². The predicted molar refractivity (Wildman–Crippen MR) is 71.0 cm³/mol. The van der Waals surface area contributed by atoms with Crippen LogP contribution in [0.5, 0.6) is 5.75 Å². The Kier molecular flexibility index (Phi) is 2.90. The molecule has 6 heteroatoms. The molecule has 2 heterocycles. The average molecular weight is 272 g/mol. The summed E-state index contributed by atoms with van der Waals surface area (Å²) in [6.07, 6.45) is 0.581. The average Bonchev–Trinajstić information content (AvgIpc) is 2.99. The molecule has 1 amide bonds. The van der Waals surface area contributed by atoms with Crippen LogP contribution in [-0.4, -0.2) is 34.6 Å². The molecule has 0 bridgehead atoms. The lowest BCUT2D eigenvalue weighted by molar-refractivity contribution is -0.144. The summed E-state index contributed by atoms with van der Waals surface area (Å²) in [7, 11) is 0. The van der Waals surface area contributed by atoms with Crippen LogP contribution >= 0.6 is 0 Å². The quantitative estimate of drug-likeness (QED) is 0.868. The molecule has 0 saturated heterocycles. The van der Waals surface area contributed by atoms with Gasteiger partial charge in [0, 0.05) is 6.20 Å². The van der Waals surface area contributed by atoms with Gasteiger partial charge in [0.25, 0.3) is 5.91 Å². The number of benzene rings is 1. The molecular weight excluding hydrogens is 260 g/mol. The zero-order chi connectivity index (χ0) is 14.1. The minimum Gasteiger partial charge on any atom is -0.478 e. The van der Waals surface area contributed by atoms with Crippen molar-refractivity contribution in [2.75, 3.05) is 11.4 Å². The molecule has 2 N–H and O–H groups in total. The van der Waals surface area contributed by atoms with Gasteiger partial charge in [0.05, 0.1) is 12.2 Å². The molecule has 1 aromatic carbocycles. The molecule has 20 heavy (non-hydrogen) atoms. The van der Waals surface area contributed by atoms with Crippen molar-refractivity contribution < 1.29 is 19.4 Å². The number of hydrogen-bond donors (Lipinski definition) is 2. The molecular formula is C14H12N2O4. The van der Waals surface area contributed by atoms with E-state index >= 15 is 0 Å². The van der Waals surface area contributed by atoms with Crippen LogP contribution in [-0.2, 0) is 4.79 Å². The van der Waals surface area contributed by atoms with E-state index in [0.29, 0.717) is 17.1 Å². The van der Waals surface area contributed by atoms with Crippen LogP contribution < -0.4 is 9.64 Å². The van der Waals surface area contributed by atoms with E-state index in [9.17, 15) is 9.59 Å². The summed E-state index contributed by atoms with van der Waals surface area (Å²) in [6, 6.07) is 10.3. The molecule has 0 saturated carbocycles. The molecule has 0 spiro atoms. The fourth-order valence-corrected chi connectivity index (χ4v) is 2.16. The Morgan fingerprint density at radius 2 is 2.05 bits per heavy atom. The summed E-state index contributed by atoms with van der Waals surface area (Å²) in [5.74, 6) is -0.980. The highest BCUT2D eigenvalue weighted by molar-refractivity contribution is 6.06. The Bertz CT molecular complexity index is 651. The van der Waals surface area contributed by atoms with Gasteiger partial charge < -0.3 is 14.8 Å². The molecule has 0 aliphatic carbocycles. The second-order valence-electron chi connectivity index (χ2n) is 4.41. The van der Waals surface area contributed by atoms with Crippen molar-refractivity contribution in [3.63, 3.8) is 0 Å². The van der Waals surface area contributed by atoms with Gasteiger partial charge in [0.15, 0.2) is 0 Å². The Hall–Kier alpha value is -2.76. The number of H-pyrrole nitrogens is 1. The molecule has 1 unspecified atom stereocenters. The first-order chi connectivity index (χ1) is 9.66. The van der Waals surface area contributed by atoms with Crippen LogP contribution in [0.3, 0.4) is 0 Å². The van der Waals surface area contributed by atoms with Crippen molar-refractivity contribution in [1.82, 2.24) is 4.98 Å². The number of para-hydroxylation sites is 2. The third-order valence-electron chi connectivity index (χ3n) is 3.12. The monoisotopic (exact) mass is 272 g/mol. The van der Waals surface area contributed by atoms with Crippen molar-refractivity contribution in [2.45, 2.75) is 6.10 Å². The number of aromatic nitrogens is 1. The van der Waals surface area contributed by atoms with E-state index in [2.05, 4.69) is 4.98 Å². The summed E-state index contributed by atoms with van der Waals surface area (Å²) in [6.45, 7) is -0.0236. The van der Waals surface area contributed by atoms with Gasteiger partial charge in [-0.1, -0.05) is 12.1 Å².